The molecule has 6 nitrogen and oxygen atoms in total. The molecular formula is C25H34N4O2. The summed E-state index contributed by atoms with van der Waals surface area (Å²) in [6.45, 7) is 5.96. The van der Waals surface area contributed by atoms with E-state index >= 15 is 0 Å². The van der Waals surface area contributed by atoms with Crippen LogP contribution in [0.5, 0.6) is 5.75 Å². The van der Waals surface area contributed by atoms with Gasteiger partial charge in [-0.2, -0.15) is 0 Å². The van der Waals surface area contributed by atoms with Crippen LogP contribution in [0.1, 0.15) is 44.0 Å². The van der Waals surface area contributed by atoms with Crippen LogP contribution in [-0.4, -0.2) is 44.3 Å². The van der Waals surface area contributed by atoms with Crippen LogP contribution < -0.4 is 4.74 Å². The van der Waals surface area contributed by atoms with Gasteiger partial charge >= 0.3 is 0 Å². The molecule has 31 heavy (non-hydrogen) atoms. The Morgan fingerprint density at radius 3 is 2.65 bits per heavy atom. The fourth-order valence-corrected chi connectivity index (χ4v) is 6.06. The summed E-state index contributed by atoms with van der Waals surface area (Å²) in [7, 11) is 3.73. The molecule has 2 aromatic heterocycles. The van der Waals surface area contributed by atoms with E-state index < -0.39 is 5.60 Å². The van der Waals surface area contributed by atoms with Crippen molar-refractivity contribution in [1.82, 2.24) is 19.0 Å². The van der Waals surface area contributed by atoms with Crippen molar-refractivity contribution in [3.8, 4) is 5.75 Å². The van der Waals surface area contributed by atoms with E-state index in [0.717, 1.165) is 57.0 Å². The highest BCUT2D eigenvalue weighted by atomic mass is 16.5. The van der Waals surface area contributed by atoms with Gasteiger partial charge in [-0.25, -0.2) is 4.98 Å². The van der Waals surface area contributed by atoms with E-state index in [0.29, 0.717) is 0 Å². The molecule has 6 heteroatoms. The van der Waals surface area contributed by atoms with Crippen LogP contribution in [0.2, 0.25) is 0 Å². The number of methoxy groups -OCH3 is 1. The monoisotopic (exact) mass is 422 g/mol. The molecular weight excluding hydrogens is 388 g/mol. The van der Waals surface area contributed by atoms with Crippen molar-refractivity contribution in [2.75, 3.05) is 20.2 Å². The Labute approximate surface area is 184 Å². The maximum Gasteiger partial charge on any atom is 0.141 e. The van der Waals surface area contributed by atoms with Crippen molar-refractivity contribution in [2.24, 2.45) is 18.9 Å². The Bertz CT molecular complexity index is 1050. The van der Waals surface area contributed by atoms with Crippen molar-refractivity contribution in [2.45, 2.75) is 51.3 Å². The second-order valence-corrected chi connectivity index (χ2v) is 9.44. The third-order valence-electron chi connectivity index (χ3n) is 7.52. The molecule has 5 rings (SSSR count). The molecule has 1 N–H and O–H groups in total. The third-order valence-corrected chi connectivity index (χ3v) is 7.52. The first-order valence-corrected chi connectivity index (χ1v) is 11.6. The number of aromatic nitrogens is 3. The first kappa shape index (κ1) is 20.6. The Morgan fingerprint density at radius 2 is 2.00 bits per heavy atom. The summed E-state index contributed by atoms with van der Waals surface area (Å²) in [5.41, 5.74) is 1.81. The zero-order chi connectivity index (χ0) is 21.6. The number of aliphatic hydroxyl groups is 1. The zero-order valence-electron chi connectivity index (χ0n) is 18.9. The SMILES string of the molecule is CCCn1cc(CN2CC3CCCC(C2)C3(O)c2nccn2C)c2cc(OC)ccc21. The second kappa shape index (κ2) is 7.99. The predicted molar refractivity (Wildman–Crippen MR) is 122 cm³/mol. The number of nitrogens with zero attached hydrogens (tertiary/aromatic N) is 4. The van der Waals surface area contributed by atoms with E-state index in [2.05, 4.69) is 45.8 Å². The summed E-state index contributed by atoms with van der Waals surface area (Å²) >= 11 is 0. The standard InChI is InChI=1S/C25H34N4O2/c1-4-11-29-15-18(22-13-21(31-3)8-9-23(22)29)14-28-16-19-6-5-7-20(17-28)25(19,30)24-26-10-12-27(24)2/h8-10,12-13,15,19-20,30H,4-7,11,14,16-17H2,1-3H3. The number of benzene rings is 1. The Morgan fingerprint density at radius 1 is 1.23 bits per heavy atom. The van der Waals surface area contributed by atoms with Gasteiger partial charge in [-0.3, -0.25) is 4.90 Å². The van der Waals surface area contributed by atoms with E-state index in [4.69, 9.17) is 4.74 Å². The summed E-state index contributed by atoms with van der Waals surface area (Å²) in [4.78, 5) is 7.12. The maximum absolute atomic E-state index is 11.9. The van der Waals surface area contributed by atoms with Crippen molar-refractivity contribution in [3.05, 3.63) is 48.2 Å². The van der Waals surface area contributed by atoms with Crippen LogP contribution in [0, 0.1) is 11.8 Å². The molecule has 3 heterocycles. The molecule has 2 atom stereocenters. The number of fused-ring (bicyclic) bond motifs is 3. The van der Waals surface area contributed by atoms with Crippen molar-refractivity contribution in [3.63, 3.8) is 0 Å². The number of aryl methyl sites for hydroxylation is 2. The van der Waals surface area contributed by atoms with E-state index in [1.54, 1.807) is 7.11 Å². The van der Waals surface area contributed by atoms with Gasteiger partial charge in [-0.05, 0) is 43.0 Å². The molecule has 0 radical (unpaired) electrons. The first-order chi connectivity index (χ1) is 15.0. The highest BCUT2D eigenvalue weighted by Crippen LogP contribution is 2.48. The summed E-state index contributed by atoms with van der Waals surface area (Å²) < 4.78 is 9.89. The highest BCUT2D eigenvalue weighted by molar-refractivity contribution is 5.85. The Balaban J connectivity index is 1.45. The van der Waals surface area contributed by atoms with Gasteiger partial charge in [0.15, 0.2) is 0 Å². The quantitative estimate of drug-likeness (QED) is 0.654. The zero-order valence-corrected chi connectivity index (χ0v) is 18.9. The van der Waals surface area contributed by atoms with Crippen molar-refractivity contribution >= 4 is 10.9 Å². The smallest absolute Gasteiger partial charge is 0.141 e. The van der Waals surface area contributed by atoms with Crippen LogP contribution in [0.15, 0.2) is 36.8 Å². The van der Waals surface area contributed by atoms with Gasteiger partial charge in [0, 0.05) is 74.6 Å². The summed E-state index contributed by atoms with van der Waals surface area (Å²) in [6.07, 6.45) is 10.5. The molecule has 166 valence electrons. The summed E-state index contributed by atoms with van der Waals surface area (Å²) in [6, 6.07) is 6.40. The lowest BCUT2D eigenvalue weighted by Crippen LogP contribution is -2.58. The predicted octanol–water partition coefficient (Wildman–Crippen LogP) is 3.91. The topological polar surface area (TPSA) is 55.5 Å². The van der Waals surface area contributed by atoms with Gasteiger partial charge in [0.2, 0.25) is 0 Å². The molecule has 2 aliphatic rings. The third kappa shape index (κ3) is 3.37. The number of hydrogen-bond acceptors (Lipinski definition) is 4. The average Bonchev–Trinajstić information content (AvgIpc) is 3.33. The second-order valence-electron chi connectivity index (χ2n) is 9.44. The van der Waals surface area contributed by atoms with Gasteiger partial charge in [0.25, 0.3) is 0 Å². The number of hydrogen-bond donors (Lipinski definition) is 1. The minimum atomic E-state index is -0.813. The molecule has 0 amide bonds. The number of imidazole rings is 1. The lowest BCUT2D eigenvalue weighted by Gasteiger charge is -2.52. The van der Waals surface area contributed by atoms with Crippen molar-refractivity contribution < 1.29 is 9.84 Å². The number of piperidine rings is 1. The lowest BCUT2D eigenvalue weighted by atomic mass is 9.65. The molecule has 2 unspecified atom stereocenters. The van der Waals surface area contributed by atoms with Gasteiger partial charge < -0.3 is 19.0 Å². The maximum atomic E-state index is 11.9. The number of rotatable bonds is 6. The van der Waals surface area contributed by atoms with Gasteiger partial charge in [0.05, 0.1) is 7.11 Å². The normalized spacial score (nSPS) is 26.5. The molecule has 2 fully saturated rings. The first-order valence-electron chi connectivity index (χ1n) is 11.6. The van der Waals surface area contributed by atoms with Gasteiger partial charge in [0.1, 0.15) is 17.2 Å². The van der Waals surface area contributed by atoms with Gasteiger partial charge in [-0.15, -0.1) is 0 Å². The van der Waals surface area contributed by atoms with Crippen LogP contribution in [0.25, 0.3) is 10.9 Å². The summed E-state index contributed by atoms with van der Waals surface area (Å²) in [5.74, 6) is 2.19. The molecule has 2 bridgehead atoms. The Kier molecular flexibility index (Phi) is 5.30. The minimum Gasteiger partial charge on any atom is -0.497 e. The van der Waals surface area contributed by atoms with Crippen LogP contribution in [0.3, 0.4) is 0 Å². The fraction of sp³-hybridized carbons (Fsp3) is 0.560. The van der Waals surface area contributed by atoms with E-state index in [-0.39, 0.29) is 11.8 Å². The fourth-order valence-electron chi connectivity index (χ4n) is 6.06. The Hall–Kier alpha value is -2.31. The van der Waals surface area contributed by atoms with Crippen molar-refractivity contribution in [1.29, 1.82) is 0 Å². The van der Waals surface area contributed by atoms with Crippen LogP contribution in [0.4, 0.5) is 0 Å². The molecule has 1 aliphatic carbocycles. The minimum absolute atomic E-state index is 0.222. The number of ether oxygens (including phenoxy) is 1. The molecule has 1 saturated heterocycles. The van der Waals surface area contributed by atoms with Crippen LogP contribution in [-0.2, 0) is 25.7 Å². The van der Waals surface area contributed by atoms with E-state index in [1.807, 2.05) is 24.0 Å². The van der Waals surface area contributed by atoms with Gasteiger partial charge in [-0.1, -0.05) is 13.3 Å². The molecule has 3 aromatic rings. The molecule has 1 aliphatic heterocycles. The molecule has 1 aromatic carbocycles. The van der Waals surface area contributed by atoms with E-state index in [9.17, 15) is 5.11 Å². The average molecular weight is 423 g/mol. The highest BCUT2D eigenvalue weighted by Gasteiger charge is 2.53. The molecule has 1 saturated carbocycles. The largest absolute Gasteiger partial charge is 0.497 e. The number of likely N-dealkylation sites (tertiary alicyclic amines) is 1. The van der Waals surface area contributed by atoms with E-state index in [1.165, 1.54) is 22.9 Å². The lowest BCUT2D eigenvalue weighted by molar-refractivity contribution is -0.155. The summed E-state index contributed by atoms with van der Waals surface area (Å²) in [5, 5.41) is 13.1. The molecule has 0 spiro atoms. The van der Waals surface area contributed by atoms with Crippen LogP contribution >= 0.6 is 0 Å².